The van der Waals surface area contributed by atoms with Crippen LogP contribution in [0.2, 0.25) is 0 Å². The number of hydrazone groups is 1. The fraction of sp³-hybridized carbons (Fsp3) is 0.412. The van der Waals surface area contributed by atoms with Gasteiger partial charge in [-0.05, 0) is 23.7 Å². The molecule has 0 fully saturated rings. The lowest BCUT2D eigenvalue weighted by atomic mass is 10.1. The molecule has 132 valence electrons. The highest BCUT2D eigenvalue weighted by Gasteiger charge is 2.61. The molecule has 1 N–H and O–H groups in total. The van der Waals surface area contributed by atoms with E-state index in [2.05, 4.69) is 10.4 Å². The van der Waals surface area contributed by atoms with Crippen molar-refractivity contribution in [2.45, 2.75) is 32.6 Å². The zero-order chi connectivity index (χ0) is 18.4. The van der Waals surface area contributed by atoms with E-state index in [9.17, 15) is 14.4 Å². The van der Waals surface area contributed by atoms with Gasteiger partial charge in [0.2, 0.25) is 16.7 Å². The van der Waals surface area contributed by atoms with Gasteiger partial charge in [0.05, 0.1) is 5.69 Å². The maximum atomic E-state index is 13.4. The topological polar surface area (TPSA) is 82.1 Å². The largest absolute Gasteiger partial charge is 0.309 e. The number of para-hydroxylation sites is 1. The molecule has 8 heteroatoms. The minimum absolute atomic E-state index is 0.216. The highest BCUT2D eigenvalue weighted by molar-refractivity contribution is 8.15. The predicted octanol–water partition coefficient (Wildman–Crippen LogP) is 1.84. The summed E-state index contributed by atoms with van der Waals surface area (Å²) < 4.78 is 0. The van der Waals surface area contributed by atoms with Crippen LogP contribution in [0.3, 0.4) is 0 Å². The molecule has 1 aromatic carbocycles. The number of benzene rings is 1. The minimum atomic E-state index is -1.30. The monoisotopic (exact) mass is 360 g/mol. The summed E-state index contributed by atoms with van der Waals surface area (Å²) in [6.07, 6.45) is 0. The molecule has 0 radical (unpaired) electrons. The number of rotatable bonds is 2. The summed E-state index contributed by atoms with van der Waals surface area (Å²) in [5.74, 6) is -0.612. The minimum Gasteiger partial charge on any atom is -0.309 e. The van der Waals surface area contributed by atoms with Crippen molar-refractivity contribution in [3.05, 3.63) is 29.8 Å². The van der Waals surface area contributed by atoms with Crippen molar-refractivity contribution in [3.63, 3.8) is 0 Å². The van der Waals surface area contributed by atoms with Gasteiger partial charge in [0.25, 0.3) is 5.91 Å². The van der Waals surface area contributed by atoms with Crippen molar-refractivity contribution in [2.75, 3.05) is 11.4 Å². The van der Waals surface area contributed by atoms with Crippen LogP contribution in [0.25, 0.3) is 0 Å². The maximum Gasteiger partial charge on any atom is 0.270 e. The molecule has 3 amide bonds. The predicted molar refractivity (Wildman–Crippen MR) is 96.7 cm³/mol. The molecular formula is C17H20N4O3S. The van der Waals surface area contributed by atoms with Crippen LogP contribution in [-0.2, 0) is 19.3 Å². The van der Waals surface area contributed by atoms with Crippen LogP contribution in [-0.4, -0.2) is 34.4 Å². The molecule has 2 heterocycles. The van der Waals surface area contributed by atoms with Crippen LogP contribution in [0, 0.1) is 5.92 Å². The van der Waals surface area contributed by atoms with E-state index >= 15 is 0 Å². The standard InChI is InChI=1S/C17H20N4O3S/c1-10(2)9-20-14-8-6-5-7-13(14)17(15(20)24)21(12(4)23)19-16(25-17)18-11(3)22/h5-8,10H,9H2,1-4H3,(H,18,19,22)/t17-/m0/s1. The van der Waals surface area contributed by atoms with E-state index in [0.29, 0.717) is 12.1 Å². The molecule has 2 aliphatic rings. The third-order valence-electron chi connectivity index (χ3n) is 3.96. The third kappa shape index (κ3) is 2.70. The second-order valence-corrected chi connectivity index (χ2v) is 7.67. The quantitative estimate of drug-likeness (QED) is 0.872. The van der Waals surface area contributed by atoms with E-state index in [4.69, 9.17) is 0 Å². The molecule has 0 aliphatic carbocycles. The van der Waals surface area contributed by atoms with E-state index in [-0.39, 0.29) is 28.8 Å². The number of hydrogen-bond donors (Lipinski definition) is 1. The van der Waals surface area contributed by atoms with Crippen molar-refractivity contribution >= 4 is 40.3 Å². The molecule has 0 saturated carbocycles. The Kier molecular flexibility index (Phi) is 4.32. The Morgan fingerprint density at radius 2 is 1.96 bits per heavy atom. The molecule has 7 nitrogen and oxygen atoms in total. The SMILES string of the molecule is CC(=O)NC1=NN(C(C)=O)[C@@]2(S1)C(=O)N(CC(C)C)c1ccccc12. The summed E-state index contributed by atoms with van der Waals surface area (Å²) in [5, 5.41) is 8.24. The first kappa shape index (κ1) is 17.5. The number of anilines is 1. The highest BCUT2D eigenvalue weighted by Crippen LogP contribution is 2.54. The van der Waals surface area contributed by atoms with Crippen molar-refractivity contribution < 1.29 is 14.4 Å². The normalized spacial score (nSPS) is 21.8. The Bertz CT molecular complexity index is 792. The van der Waals surface area contributed by atoms with Crippen LogP contribution < -0.4 is 10.2 Å². The second-order valence-electron chi connectivity index (χ2n) is 6.49. The summed E-state index contributed by atoms with van der Waals surface area (Å²) >= 11 is 1.10. The van der Waals surface area contributed by atoms with Crippen molar-refractivity contribution in [2.24, 2.45) is 11.0 Å². The molecule has 1 spiro atoms. The summed E-state index contributed by atoms with van der Waals surface area (Å²) in [7, 11) is 0. The second kappa shape index (κ2) is 6.18. The summed E-state index contributed by atoms with van der Waals surface area (Å²) in [6, 6.07) is 7.41. The van der Waals surface area contributed by atoms with E-state index in [1.807, 2.05) is 38.1 Å². The maximum absolute atomic E-state index is 13.4. The lowest BCUT2D eigenvalue weighted by Crippen LogP contribution is -2.49. The van der Waals surface area contributed by atoms with Crippen LogP contribution in [0.5, 0.6) is 0 Å². The molecule has 3 rings (SSSR count). The lowest BCUT2D eigenvalue weighted by Gasteiger charge is -2.29. The Labute approximate surface area is 150 Å². The highest BCUT2D eigenvalue weighted by atomic mass is 32.2. The first-order chi connectivity index (χ1) is 11.8. The number of thioether (sulfide) groups is 1. The average Bonchev–Trinajstić information content (AvgIpc) is 3.00. The zero-order valence-electron chi connectivity index (χ0n) is 14.6. The van der Waals surface area contributed by atoms with Crippen LogP contribution in [0.4, 0.5) is 5.69 Å². The number of fused-ring (bicyclic) bond motifs is 2. The molecule has 0 unspecified atom stereocenters. The molecule has 25 heavy (non-hydrogen) atoms. The average molecular weight is 360 g/mol. The number of amidine groups is 1. The number of nitrogens with one attached hydrogen (secondary N) is 1. The van der Waals surface area contributed by atoms with Crippen molar-refractivity contribution in [3.8, 4) is 0 Å². The van der Waals surface area contributed by atoms with Gasteiger partial charge >= 0.3 is 0 Å². The molecule has 2 aliphatic heterocycles. The van der Waals surface area contributed by atoms with Crippen LogP contribution in [0.15, 0.2) is 29.4 Å². The van der Waals surface area contributed by atoms with Gasteiger partial charge in [0.1, 0.15) is 0 Å². The summed E-state index contributed by atoms with van der Waals surface area (Å²) in [4.78, 5) is 37.5. The van der Waals surface area contributed by atoms with Gasteiger partial charge in [-0.15, -0.1) is 5.10 Å². The summed E-state index contributed by atoms with van der Waals surface area (Å²) in [5.41, 5.74) is 1.49. The van der Waals surface area contributed by atoms with Gasteiger partial charge in [-0.25, -0.2) is 0 Å². The Morgan fingerprint density at radius 3 is 2.56 bits per heavy atom. The summed E-state index contributed by atoms with van der Waals surface area (Å²) in [6.45, 7) is 7.33. The number of amides is 3. The number of carbonyl (C=O) groups is 3. The van der Waals surface area contributed by atoms with Crippen LogP contribution >= 0.6 is 11.8 Å². The first-order valence-electron chi connectivity index (χ1n) is 8.05. The van der Waals surface area contributed by atoms with Gasteiger partial charge in [0.15, 0.2) is 5.17 Å². The van der Waals surface area contributed by atoms with Gasteiger partial charge < -0.3 is 10.2 Å². The van der Waals surface area contributed by atoms with E-state index in [1.165, 1.54) is 18.9 Å². The Hall–Kier alpha value is -2.35. The van der Waals surface area contributed by atoms with Crippen LogP contribution in [0.1, 0.15) is 33.3 Å². The molecule has 1 atom stereocenters. The molecule has 0 aromatic heterocycles. The lowest BCUT2D eigenvalue weighted by molar-refractivity contribution is -0.139. The van der Waals surface area contributed by atoms with Gasteiger partial charge in [-0.3, -0.25) is 14.4 Å². The molecule has 0 saturated heterocycles. The Balaban J connectivity index is 2.12. The fourth-order valence-electron chi connectivity index (χ4n) is 3.11. The fourth-order valence-corrected chi connectivity index (χ4v) is 4.44. The van der Waals surface area contributed by atoms with E-state index in [0.717, 1.165) is 17.4 Å². The Morgan fingerprint density at radius 1 is 1.28 bits per heavy atom. The van der Waals surface area contributed by atoms with Gasteiger partial charge in [0, 0.05) is 26.0 Å². The van der Waals surface area contributed by atoms with Crippen molar-refractivity contribution in [1.82, 2.24) is 10.3 Å². The molecule has 0 bridgehead atoms. The number of carbonyl (C=O) groups excluding carboxylic acids is 3. The molecule has 1 aromatic rings. The van der Waals surface area contributed by atoms with Gasteiger partial charge in [-0.2, -0.15) is 5.01 Å². The smallest absolute Gasteiger partial charge is 0.270 e. The first-order valence-corrected chi connectivity index (χ1v) is 8.86. The van der Waals surface area contributed by atoms with Crippen molar-refractivity contribution in [1.29, 1.82) is 0 Å². The molecular weight excluding hydrogens is 340 g/mol. The van der Waals surface area contributed by atoms with E-state index in [1.54, 1.807) is 4.90 Å². The van der Waals surface area contributed by atoms with E-state index < -0.39 is 4.87 Å². The van der Waals surface area contributed by atoms with Gasteiger partial charge in [-0.1, -0.05) is 32.0 Å². The third-order valence-corrected chi connectivity index (χ3v) is 5.20. The number of nitrogens with zero attached hydrogens (tertiary/aromatic N) is 3. The zero-order valence-corrected chi connectivity index (χ0v) is 15.4. The number of hydrogen-bond acceptors (Lipinski definition) is 5.